The second-order valence-electron chi connectivity index (χ2n) is 9.93. The van der Waals surface area contributed by atoms with Gasteiger partial charge in [0.1, 0.15) is 11.5 Å². The van der Waals surface area contributed by atoms with E-state index in [2.05, 4.69) is 10.6 Å². The number of aromatic nitrogens is 1. The first kappa shape index (κ1) is 28.6. The van der Waals surface area contributed by atoms with Crippen molar-refractivity contribution in [3.8, 4) is 0 Å². The van der Waals surface area contributed by atoms with E-state index in [1.807, 2.05) is 54.6 Å². The van der Waals surface area contributed by atoms with Crippen molar-refractivity contribution in [3.63, 3.8) is 0 Å². The number of nitrogens with one attached hydrogen (secondary N) is 2. The molecule has 2 N–H and O–H groups in total. The lowest BCUT2D eigenvalue weighted by Crippen LogP contribution is -2.30. The largest absolute Gasteiger partial charge is 0.321 e. The zero-order chi connectivity index (χ0) is 30.5. The third-order valence-electron chi connectivity index (χ3n) is 7.02. The molecule has 6 nitrogen and oxygen atoms in total. The molecule has 5 aromatic carbocycles. The van der Waals surface area contributed by atoms with Crippen molar-refractivity contribution in [2.24, 2.45) is 0 Å². The molecule has 0 aliphatic carbocycles. The van der Waals surface area contributed by atoms with Gasteiger partial charge in [0.2, 0.25) is 5.91 Å². The van der Waals surface area contributed by atoms with E-state index in [1.165, 1.54) is 30.0 Å². The average molecular weight is 600 g/mol. The zero-order valence-electron chi connectivity index (χ0n) is 23.4. The Balaban J connectivity index is 1.20. The summed E-state index contributed by atoms with van der Waals surface area (Å²) in [5.74, 6) is -1.55. The summed E-state index contributed by atoms with van der Waals surface area (Å²) in [5, 5.41) is 7.45. The number of halogens is 1. The summed E-state index contributed by atoms with van der Waals surface area (Å²) in [7, 11) is 0. The lowest BCUT2D eigenvalue weighted by Gasteiger charge is -2.12. The van der Waals surface area contributed by atoms with Gasteiger partial charge < -0.3 is 10.6 Å². The number of nitrogens with zero attached hydrogens (tertiary/aromatic N) is 1. The van der Waals surface area contributed by atoms with Crippen LogP contribution in [-0.2, 0) is 4.79 Å². The Labute approximate surface area is 257 Å². The first-order valence-corrected chi connectivity index (χ1v) is 14.8. The summed E-state index contributed by atoms with van der Waals surface area (Å²) >= 11 is 1.35. The molecule has 0 unspecified atom stereocenters. The van der Waals surface area contributed by atoms with Gasteiger partial charge in [-0.3, -0.25) is 19.0 Å². The van der Waals surface area contributed by atoms with Crippen molar-refractivity contribution in [3.05, 3.63) is 150 Å². The van der Waals surface area contributed by atoms with E-state index < -0.39 is 17.6 Å². The number of carbonyl (C=O) groups excluding carboxylic acids is 3. The Kier molecular flexibility index (Phi) is 8.34. The lowest BCUT2D eigenvalue weighted by atomic mass is 10.1. The molecule has 0 radical (unpaired) electrons. The number of anilines is 1. The van der Waals surface area contributed by atoms with Crippen LogP contribution in [0.15, 0.2) is 138 Å². The quantitative estimate of drug-likeness (QED) is 0.138. The Morgan fingerprint density at radius 1 is 0.727 bits per heavy atom. The van der Waals surface area contributed by atoms with Gasteiger partial charge >= 0.3 is 0 Å². The van der Waals surface area contributed by atoms with Gasteiger partial charge in [0.25, 0.3) is 11.8 Å². The minimum atomic E-state index is -0.624. The van der Waals surface area contributed by atoms with Crippen LogP contribution in [0.3, 0.4) is 0 Å². The van der Waals surface area contributed by atoms with Crippen LogP contribution in [0.2, 0.25) is 0 Å². The van der Waals surface area contributed by atoms with Crippen LogP contribution in [0.5, 0.6) is 0 Å². The van der Waals surface area contributed by atoms with Crippen LogP contribution < -0.4 is 10.6 Å². The average Bonchev–Trinajstić information content (AvgIpc) is 3.39. The third-order valence-corrected chi connectivity index (χ3v) is 8.00. The van der Waals surface area contributed by atoms with Crippen LogP contribution >= 0.6 is 11.8 Å². The fraction of sp³-hybridized carbons (Fsp3) is 0.0278. The van der Waals surface area contributed by atoms with E-state index in [9.17, 15) is 18.8 Å². The van der Waals surface area contributed by atoms with Gasteiger partial charge in [-0.15, -0.1) is 11.8 Å². The fourth-order valence-corrected chi connectivity index (χ4v) is 5.76. The first-order chi connectivity index (χ1) is 21.5. The van der Waals surface area contributed by atoms with Crippen molar-refractivity contribution in [1.82, 2.24) is 9.88 Å². The summed E-state index contributed by atoms with van der Waals surface area (Å²) in [6, 6.07) is 37.2. The predicted octanol–water partition coefficient (Wildman–Crippen LogP) is 7.78. The topological polar surface area (TPSA) is 80.2 Å². The number of fused-ring (bicyclic) bond motifs is 3. The molecule has 2 amide bonds. The minimum Gasteiger partial charge on any atom is -0.321 e. The Bertz CT molecular complexity index is 2000. The number of carbonyl (C=O) groups is 3. The monoisotopic (exact) mass is 599 g/mol. The molecule has 0 spiro atoms. The van der Waals surface area contributed by atoms with Crippen LogP contribution in [0.25, 0.3) is 27.9 Å². The molecule has 1 heterocycles. The third kappa shape index (κ3) is 6.16. The van der Waals surface area contributed by atoms with E-state index in [-0.39, 0.29) is 22.9 Å². The van der Waals surface area contributed by atoms with Gasteiger partial charge in [-0.2, -0.15) is 0 Å². The summed E-state index contributed by atoms with van der Waals surface area (Å²) < 4.78 is 16.2. The van der Waals surface area contributed by atoms with Crippen LogP contribution in [0, 0.1) is 5.82 Å². The summed E-state index contributed by atoms with van der Waals surface area (Å²) in [6.45, 7) is 0. The maximum Gasteiger partial charge on any atom is 0.272 e. The van der Waals surface area contributed by atoms with Crippen LogP contribution in [-0.4, -0.2) is 28.0 Å². The van der Waals surface area contributed by atoms with E-state index >= 15 is 0 Å². The van der Waals surface area contributed by atoms with Crippen molar-refractivity contribution >= 4 is 63.1 Å². The first-order valence-electron chi connectivity index (χ1n) is 13.9. The highest BCUT2D eigenvalue weighted by Gasteiger charge is 2.18. The van der Waals surface area contributed by atoms with Gasteiger partial charge in [0.15, 0.2) is 0 Å². The molecule has 0 fully saturated rings. The Hall–Kier alpha value is -5.47. The smallest absolute Gasteiger partial charge is 0.272 e. The van der Waals surface area contributed by atoms with E-state index in [0.29, 0.717) is 11.3 Å². The second-order valence-corrected chi connectivity index (χ2v) is 11.0. The molecule has 0 bridgehead atoms. The number of hydrogen-bond donors (Lipinski definition) is 2. The highest BCUT2D eigenvalue weighted by molar-refractivity contribution is 8.00. The highest BCUT2D eigenvalue weighted by Crippen LogP contribution is 2.30. The standard InChI is InChI=1S/C36H26FN3O3S/c37-30-18-7-4-13-25(30)21-31(39-35(42)24-11-2-1-3-12-24)36(43)38-26-14-10-15-27(22-26)44-23-34(41)40-32-19-8-5-16-28(32)29-17-6-9-20-33(29)40/h1-22H,23H2,(H,38,43)(H,39,42)/b31-21+. The molecule has 0 atom stereocenters. The van der Waals surface area contributed by atoms with Crippen molar-refractivity contribution in [2.75, 3.05) is 11.1 Å². The molecule has 216 valence electrons. The van der Waals surface area contributed by atoms with E-state index in [4.69, 9.17) is 0 Å². The fourth-order valence-electron chi connectivity index (χ4n) is 4.95. The maximum atomic E-state index is 14.5. The molecule has 8 heteroatoms. The number of benzene rings is 5. The molecule has 44 heavy (non-hydrogen) atoms. The van der Waals surface area contributed by atoms with E-state index in [1.54, 1.807) is 65.2 Å². The Morgan fingerprint density at radius 3 is 2.07 bits per heavy atom. The van der Waals surface area contributed by atoms with Gasteiger partial charge in [-0.05, 0) is 54.6 Å². The maximum absolute atomic E-state index is 14.5. The molecule has 6 rings (SSSR count). The molecule has 0 aliphatic rings. The number of para-hydroxylation sites is 2. The van der Waals surface area contributed by atoms with Gasteiger partial charge in [0.05, 0.1) is 16.8 Å². The number of thioether (sulfide) groups is 1. The molecule has 0 aliphatic heterocycles. The van der Waals surface area contributed by atoms with Crippen molar-refractivity contribution < 1.29 is 18.8 Å². The van der Waals surface area contributed by atoms with Crippen molar-refractivity contribution in [1.29, 1.82) is 0 Å². The summed E-state index contributed by atoms with van der Waals surface area (Å²) in [4.78, 5) is 40.5. The normalized spacial score (nSPS) is 11.4. The molecule has 1 aromatic heterocycles. The number of amides is 2. The van der Waals surface area contributed by atoms with Crippen LogP contribution in [0.4, 0.5) is 10.1 Å². The molecule has 6 aromatic rings. The van der Waals surface area contributed by atoms with E-state index in [0.717, 1.165) is 26.7 Å². The Morgan fingerprint density at radius 2 is 1.36 bits per heavy atom. The molecule has 0 saturated carbocycles. The van der Waals surface area contributed by atoms with Crippen LogP contribution in [0.1, 0.15) is 20.7 Å². The van der Waals surface area contributed by atoms with Crippen molar-refractivity contribution in [2.45, 2.75) is 4.90 Å². The predicted molar refractivity (Wildman–Crippen MR) is 174 cm³/mol. The summed E-state index contributed by atoms with van der Waals surface area (Å²) in [6.07, 6.45) is 1.30. The van der Waals surface area contributed by atoms with Gasteiger partial charge in [-0.1, -0.05) is 78.9 Å². The minimum absolute atomic E-state index is 0.0689. The lowest BCUT2D eigenvalue weighted by molar-refractivity contribution is -0.113. The zero-order valence-corrected chi connectivity index (χ0v) is 24.2. The molecule has 0 saturated heterocycles. The number of hydrogen-bond acceptors (Lipinski definition) is 4. The molecular weight excluding hydrogens is 573 g/mol. The van der Waals surface area contributed by atoms with Gasteiger partial charge in [0, 0.05) is 32.5 Å². The summed E-state index contributed by atoms with van der Waals surface area (Å²) in [5.41, 5.74) is 2.55. The number of rotatable bonds is 8. The van der Waals surface area contributed by atoms with Gasteiger partial charge in [-0.25, -0.2) is 4.39 Å². The second kappa shape index (κ2) is 12.8. The highest BCUT2D eigenvalue weighted by atomic mass is 32.2. The SMILES string of the molecule is O=C(Nc1cccc(SCC(=O)n2c3ccccc3c3ccccc32)c1)/C(=C\c1ccccc1F)NC(=O)c1ccccc1. The molecular formula is C36H26FN3O3S.